The predicted molar refractivity (Wildman–Crippen MR) is 135 cm³/mol. The third-order valence-electron chi connectivity index (χ3n) is 7.95. The Labute approximate surface area is 202 Å². The van der Waals surface area contributed by atoms with E-state index in [4.69, 9.17) is 9.47 Å². The van der Waals surface area contributed by atoms with Gasteiger partial charge in [-0.15, -0.1) is 0 Å². The molecule has 1 aromatic carbocycles. The van der Waals surface area contributed by atoms with Gasteiger partial charge in [0, 0.05) is 17.3 Å². The third kappa shape index (κ3) is 5.41. The summed E-state index contributed by atoms with van der Waals surface area (Å²) in [4.78, 5) is 14.2. The Morgan fingerprint density at radius 2 is 2.03 bits per heavy atom. The smallest absolute Gasteiger partial charge is 0.333 e. The Morgan fingerprint density at radius 3 is 2.66 bits per heavy atom. The summed E-state index contributed by atoms with van der Waals surface area (Å²) in [7, 11) is 3.09. The lowest BCUT2D eigenvalue weighted by Gasteiger charge is -2.44. The quantitative estimate of drug-likeness (QED) is 0.287. The standard InChI is InChI=1S/C27H38BrNO3/c1-18(24-12-13-25-20(17-28)7-6-14-27(24,25)3)15-22(16-19(2)26(30)32-5)29-21-8-10-23(31-4)11-9-21/h8-11,17-18,22,24-25,29H,2,6-7,12-16H2,1,3-5H3/b20-17+/t18-,22?,24-,25?,27-/m1/s1. The second-order valence-corrected chi connectivity index (χ2v) is 10.3. The maximum absolute atomic E-state index is 12.1. The molecule has 0 spiro atoms. The largest absolute Gasteiger partial charge is 0.497 e. The Hall–Kier alpha value is -1.75. The molecule has 2 aliphatic carbocycles. The highest BCUT2D eigenvalue weighted by Crippen LogP contribution is 2.60. The second-order valence-electron chi connectivity index (χ2n) is 9.86. The van der Waals surface area contributed by atoms with Crippen LogP contribution >= 0.6 is 15.9 Å². The maximum atomic E-state index is 12.1. The third-order valence-corrected chi connectivity index (χ3v) is 8.54. The SMILES string of the molecule is C=C(CC(C[C@@H](C)[C@H]1CCC2/C(=C/Br)CCC[C@@]21C)Nc1ccc(OC)cc1)C(=O)OC. The highest BCUT2D eigenvalue weighted by molar-refractivity contribution is 9.11. The maximum Gasteiger partial charge on any atom is 0.333 e. The van der Waals surface area contributed by atoms with Crippen LogP contribution in [0.4, 0.5) is 5.69 Å². The average molecular weight is 505 g/mol. The van der Waals surface area contributed by atoms with E-state index in [0.717, 1.165) is 17.9 Å². The summed E-state index contributed by atoms with van der Waals surface area (Å²) in [5.74, 6) is 2.42. The number of fused-ring (bicyclic) bond motifs is 1. The van der Waals surface area contributed by atoms with Crippen molar-refractivity contribution in [3.05, 3.63) is 47.0 Å². The molecule has 0 aliphatic heterocycles. The Balaban J connectivity index is 1.75. The first-order chi connectivity index (χ1) is 15.3. The molecule has 32 heavy (non-hydrogen) atoms. The molecule has 1 aromatic rings. The second kappa shape index (κ2) is 10.9. The van der Waals surface area contributed by atoms with Crippen LogP contribution < -0.4 is 10.1 Å². The summed E-state index contributed by atoms with van der Waals surface area (Å²) in [6, 6.07) is 8.08. The van der Waals surface area contributed by atoms with E-state index in [2.05, 4.69) is 46.7 Å². The van der Waals surface area contributed by atoms with Crippen molar-refractivity contribution in [2.24, 2.45) is 23.2 Å². The number of hydrogen-bond donors (Lipinski definition) is 1. The molecule has 0 saturated heterocycles. The van der Waals surface area contributed by atoms with Gasteiger partial charge in [0.1, 0.15) is 5.75 Å². The molecule has 0 radical (unpaired) electrons. The number of benzene rings is 1. The van der Waals surface area contributed by atoms with Crippen LogP contribution in [0.1, 0.15) is 58.8 Å². The van der Waals surface area contributed by atoms with Gasteiger partial charge in [-0.25, -0.2) is 4.79 Å². The first kappa shape index (κ1) is 24.9. The first-order valence-electron chi connectivity index (χ1n) is 11.8. The molecule has 176 valence electrons. The van der Waals surface area contributed by atoms with Crippen LogP contribution in [0.5, 0.6) is 5.75 Å². The Morgan fingerprint density at radius 1 is 1.31 bits per heavy atom. The number of halogens is 1. The number of rotatable bonds is 9. The van der Waals surface area contributed by atoms with Crippen LogP contribution in [-0.4, -0.2) is 26.2 Å². The van der Waals surface area contributed by atoms with Crippen molar-refractivity contribution in [1.29, 1.82) is 0 Å². The predicted octanol–water partition coefficient (Wildman–Crippen LogP) is 7.12. The Bertz CT molecular complexity index is 834. The molecule has 0 bridgehead atoms. The van der Waals surface area contributed by atoms with E-state index >= 15 is 0 Å². The van der Waals surface area contributed by atoms with Crippen LogP contribution in [0, 0.1) is 23.2 Å². The zero-order valence-corrected chi connectivity index (χ0v) is 21.5. The van der Waals surface area contributed by atoms with Crippen LogP contribution in [0.2, 0.25) is 0 Å². The van der Waals surface area contributed by atoms with Crippen LogP contribution in [0.15, 0.2) is 47.0 Å². The highest BCUT2D eigenvalue weighted by atomic mass is 79.9. The topological polar surface area (TPSA) is 47.6 Å². The number of esters is 1. The van der Waals surface area contributed by atoms with E-state index in [1.54, 1.807) is 12.7 Å². The fraction of sp³-hybridized carbons (Fsp3) is 0.593. The first-order valence-corrected chi connectivity index (χ1v) is 12.7. The summed E-state index contributed by atoms with van der Waals surface area (Å²) >= 11 is 3.63. The van der Waals surface area contributed by atoms with E-state index in [1.165, 1.54) is 39.2 Å². The van der Waals surface area contributed by atoms with Crippen molar-refractivity contribution in [3.63, 3.8) is 0 Å². The molecule has 5 heteroatoms. The fourth-order valence-electron chi connectivity index (χ4n) is 6.40. The molecule has 0 amide bonds. The van der Waals surface area contributed by atoms with E-state index in [1.807, 2.05) is 24.3 Å². The molecule has 2 unspecified atom stereocenters. The van der Waals surface area contributed by atoms with Crippen LogP contribution in [0.25, 0.3) is 0 Å². The molecule has 0 aromatic heterocycles. The van der Waals surface area contributed by atoms with Gasteiger partial charge < -0.3 is 14.8 Å². The van der Waals surface area contributed by atoms with Gasteiger partial charge in [-0.05, 0) is 97.4 Å². The molecule has 2 fully saturated rings. The van der Waals surface area contributed by atoms with E-state index in [0.29, 0.717) is 35.2 Å². The highest BCUT2D eigenvalue weighted by Gasteiger charge is 2.50. The van der Waals surface area contributed by atoms with E-state index < -0.39 is 0 Å². The van der Waals surface area contributed by atoms with Crippen molar-refractivity contribution in [2.45, 2.75) is 64.8 Å². The minimum absolute atomic E-state index is 0.113. The van der Waals surface area contributed by atoms with Crippen LogP contribution in [-0.2, 0) is 9.53 Å². The van der Waals surface area contributed by atoms with Gasteiger partial charge in [0.2, 0.25) is 0 Å². The summed E-state index contributed by atoms with van der Waals surface area (Å²) < 4.78 is 10.2. The molecular weight excluding hydrogens is 466 g/mol. The average Bonchev–Trinajstić information content (AvgIpc) is 3.15. The lowest BCUT2D eigenvalue weighted by atomic mass is 9.61. The van der Waals surface area contributed by atoms with Crippen molar-refractivity contribution < 1.29 is 14.3 Å². The van der Waals surface area contributed by atoms with E-state index in [9.17, 15) is 4.79 Å². The molecule has 3 rings (SSSR count). The molecule has 2 aliphatic rings. The summed E-state index contributed by atoms with van der Waals surface area (Å²) in [5, 5.41) is 3.66. The van der Waals surface area contributed by atoms with Crippen molar-refractivity contribution in [2.75, 3.05) is 19.5 Å². The zero-order chi connectivity index (χ0) is 23.3. The number of carbonyl (C=O) groups is 1. The van der Waals surface area contributed by atoms with Gasteiger partial charge in [-0.3, -0.25) is 0 Å². The normalized spacial score (nSPS) is 28.0. The Kier molecular flexibility index (Phi) is 8.49. The van der Waals surface area contributed by atoms with Crippen LogP contribution in [0.3, 0.4) is 0 Å². The van der Waals surface area contributed by atoms with Crippen molar-refractivity contribution in [1.82, 2.24) is 0 Å². The summed E-state index contributed by atoms with van der Waals surface area (Å²) in [6.45, 7) is 8.90. The molecule has 2 saturated carbocycles. The van der Waals surface area contributed by atoms with Gasteiger partial charge in [-0.2, -0.15) is 0 Å². The number of allylic oxidation sites excluding steroid dienone is 1. The molecule has 1 N–H and O–H groups in total. The van der Waals surface area contributed by atoms with Crippen molar-refractivity contribution >= 4 is 27.6 Å². The number of anilines is 1. The zero-order valence-electron chi connectivity index (χ0n) is 20.0. The number of carbonyl (C=O) groups excluding carboxylic acids is 1. The van der Waals surface area contributed by atoms with Gasteiger partial charge in [0.15, 0.2) is 0 Å². The van der Waals surface area contributed by atoms with Gasteiger partial charge in [0.25, 0.3) is 0 Å². The monoisotopic (exact) mass is 503 g/mol. The lowest BCUT2D eigenvalue weighted by molar-refractivity contribution is -0.136. The van der Waals surface area contributed by atoms with Gasteiger partial charge in [0.05, 0.1) is 14.2 Å². The van der Waals surface area contributed by atoms with E-state index in [-0.39, 0.29) is 12.0 Å². The lowest BCUT2D eigenvalue weighted by Crippen LogP contribution is -2.37. The van der Waals surface area contributed by atoms with Gasteiger partial charge in [-0.1, -0.05) is 41.9 Å². The number of ether oxygens (including phenoxy) is 2. The summed E-state index contributed by atoms with van der Waals surface area (Å²) in [5.41, 5.74) is 3.50. The number of nitrogens with one attached hydrogen (secondary N) is 1. The van der Waals surface area contributed by atoms with Crippen molar-refractivity contribution in [3.8, 4) is 5.75 Å². The molecule has 4 nitrogen and oxygen atoms in total. The minimum atomic E-state index is -0.327. The molecule has 5 atom stereocenters. The summed E-state index contributed by atoms with van der Waals surface area (Å²) in [6.07, 6.45) is 7.94. The number of methoxy groups -OCH3 is 2. The molecule has 0 heterocycles. The fourth-order valence-corrected chi connectivity index (χ4v) is 6.95. The molecular formula is C27H38BrNO3. The number of hydrogen-bond acceptors (Lipinski definition) is 4. The van der Waals surface area contributed by atoms with Gasteiger partial charge >= 0.3 is 5.97 Å². The minimum Gasteiger partial charge on any atom is -0.497 e.